The number of carbonyl (C=O) groups excluding carboxylic acids is 1. The first-order chi connectivity index (χ1) is 11.7. The molecule has 0 atom stereocenters. The molecule has 1 saturated heterocycles. The molecule has 3 rings (SSSR count). The van der Waals surface area contributed by atoms with E-state index in [9.17, 15) is 4.79 Å². The van der Waals surface area contributed by atoms with Gasteiger partial charge in [0.15, 0.2) is 5.13 Å². The molecule has 2 heterocycles. The number of aromatic nitrogens is 1. The molecule has 1 aliphatic heterocycles. The fourth-order valence-electron chi connectivity index (χ4n) is 2.64. The van der Waals surface area contributed by atoms with E-state index in [4.69, 9.17) is 14.2 Å². The highest BCUT2D eigenvalue weighted by Gasteiger charge is 2.22. The smallest absolute Gasteiger partial charge is 0.229 e. The van der Waals surface area contributed by atoms with E-state index in [-0.39, 0.29) is 11.8 Å². The topological polar surface area (TPSA) is 69.7 Å². The van der Waals surface area contributed by atoms with E-state index < -0.39 is 0 Å². The summed E-state index contributed by atoms with van der Waals surface area (Å²) < 4.78 is 15.9. The van der Waals surface area contributed by atoms with E-state index in [1.54, 1.807) is 14.2 Å². The van der Waals surface area contributed by atoms with Crippen LogP contribution in [0.15, 0.2) is 23.6 Å². The number of benzene rings is 1. The predicted octanol–water partition coefficient (Wildman–Crippen LogP) is 3.19. The van der Waals surface area contributed by atoms with Gasteiger partial charge in [0.05, 0.1) is 19.9 Å². The molecular formula is C17H20N2O4S. The Balaban J connectivity index is 1.76. The van der Waals surface area contributed by atoms with Crippen LogP contribution in [0, 0.1) is 5.92 Å². The van der Waals surface area contributed by atoms with Crippen molar-refractivity contribution in [2.24, 2.45) is 5.92 Å². The third-order valence-corrected chi connectivity index (χ3v) is 4.77. The number of rotatable bonds is 5. The van der Waals surface area contributed by atoms with Crippen molar-refractivity contribution in [3.8, 4) is 22.8 Å². The van der Waals surface area contributed by atoms with Crippen LogP contribution in [0.2, 0.25) is 0 Å². The largest absolute Gasteiger partial charge is 0.497 e. The summed E-state index contributed by atoms with van der Waals surface area (Å²) in [4.78, 5) is 16.8. The minimum absolute atomic E-state index is 0.00236. The van der Waals surface area contributed by atoms with Crippen molar-refractivity contribution in [3.63, 3.8) is 0 Å². The van der Waals surface area contributed by atoms with Crippen LogP contribution in [-0.2, 0) is 9.53 Å². The second-order valence-electron chi connectivity index (χ2n) is 5.48. The van der Waals surface area contributed by atoms with Crippen molar-refractivity contribution in [2.45, 2.75) is 12.8 Å². The Labute approximate surface area is 144 Å². The number of ether oxygens (including phenoxy) is 3. The molecule has 0 aliphatic carbocycles. The van der Waals surface area contributed by atoms with Gasteiger partial charge in [0.1, 0.15) is 11.5 Å². The number of nitrogens with zero attached hydrogens (tertiary/aromatic N) is 1. The second-order valence-corrected chi connectivity index (χ2v) is 6.34. The number of nitrogens with one attached hydrogen (secondary N) is 1. The first kappa shape index (κ1) is 16.7. The third kappa shape index (κ3) is 3.68. The molecule has 0 unspecified atom stereocenters. The van der Waals surface area contributed by atoms with Crippen LogP contribution in [0.4, 0.5) is 5.13 Å². The molecule has 2 aromatic rings. The number of thiazole rings is 1. The fraction of sp³-hybridized carbons (Fsp3) is 0.412. The minimum Gasteiger partial charge on any atom is -0.497 e. The number of hydrogen-bond acceptors (Lipinski definition) is 6. The maximum absolute atomic E-state index is 12.3. The lowest BCUT2D eigenvalue weighted by molar-refractivity contribution is -0.122. The van der Waals surface area contributed by atoms with E-state index in [1.807, 2.05) is 23.6 Å². The van der Waals surface area contributed by atoms with Gasteiger partial charge in [-0.2, -0.15) is 0 Å². The number of carbonyl (C=O) groups is 1. The highest BCUT2D eigenvalue weighted by Crippen LogP contribution is 2.35. The van der Waals surface area contributed by atoms with Crippen molar-refractivity contribution in [1.82, 2.24) is 4.98 Å². The minimum atomic E-state index is -0.00236. The van der Waals surface area contributed by atoms with E-state index in [0.717, 1.165) is 29.8 Å². The van der Waals surface area contributed by atoms with E-state index in [0.29, 0.717) is 24.1 Å². The number of methoxy groups -OCH3 is 2. The van der Waals surface area contributed by atoms with Crippen LogP contribution in [-0.4, -0.2) is 38.3 Å². The number of amides is 1. The van der Waals surface area contributed by atoms with Crippen LogP contribution < -0.4 is 14.8 Å². The summed E-state index contributed by atoms with van der Waals surface area (Å²) in [5, 5.41) is 5.40. The molecule has 6 nitrogen and oxygen atoms in total. The maximum atomic E-state index is 12.3. The Morgan fingerprint density at radius 1 is 1.29 bits per heavy atom. The summed E-state index contributed by atoms with van der Waals surface area (Å²) in [7, 11) is 3.23. The first-order valence-corrected chi connectivity index (χ1v) is 8.65. The molecule has 1 aromatic carbocycles. The first-order valence-electron chi connectivity index (χ1n) is 7.78. The molecule has 0 radical (unpaired) electrons. The SMILES string of the molecule is COc1ccc(OC)c(-c2csc(NC(=O)C3CCOCC3)n2)c1. The quantitative estimate of drug-likeness (QED) is 0.899. The van der Waals surface area contributed by atoms with Crippen molar-refractivity contribution in [2.75, 3.05) is 32.8 Å². The van der Waals surface area contributed by atoms with Gasteiger partial charge in [-0.15, -0.1) is 11.3 Å². The van der Waals surface area contributed by atoms with Gasteiger partial charge in [-0.3, -0.25) is 4.79 Å². The highest BCUT2D eigenvalue weighted by atomic mass is 32.1. The molecule has 0 bridgehead atoms. The summed E-state index contributed by atoms with van der Waals surface area (Å²) in [6.45, 7) is 1.28. The predicted molar refractivity (Wildman–Crippen MR) is 92.8 cm³/mol. The van der Waals surface area contributed by atoms with Crippen molar-refractivity contribution in [1.29, 1.82) is 0 Å². The summed E-state index contributed by atoms with van der Waals surface area (Å²) in [5.41, 5.74) is 1.58. The van der Waals surface area contributed by atoms with Gasteiger partial charge >= 0.3 is 0 Å². The fourth-order valence-corrected chi connectivity index (χ4v) is 3.35. The summed E-state index contributed by atoms with van der Waals surface area (Å²) >= 11 is 1.40. The van der Waals surface area contributed by atoms with Crippen LogP contribution >= 0.6 is 11.3 Å². The lowest BCUT2D eigenvalue weighted by atomic mass is 10.00. The monoisotopic (exact) mass is 348 g/mol. The van der Waals surface area contributed by atoms with Gasteiger partial charge < -0.3 is 19.5 Å². The van der Waals surface area contributed by atoms with Crippen molar-refractivity contribution < 1.29 is 19.0 Å². The summed E-state index contributed by atoms with van der Waals surface area (Å²) in [6, 6.07) is 5.55. The highest BCUT2D eigenvalue weighted by molar-refractivity contribution is 7.14. The Bertz CT molecular complexity index is 710. The summed E-state index contributed by atoms with van der Waals surface area (Å²) in [6.07, 6.45) is 1.52. The van der Waals surface area contributed by atoms with Gasteiger partial charge in [-0.05, 0) is 31.0 Å². The van der Waals surface area contributed by atoms with Gasteiger partial charge in [-0.1, -0.05) is 0 Å². The molecule has 1 N–H and O–H groups in total. The molecule has 24 heavy (non-hydrogen) atoms. The Kier molecular flexibility index (Phi) is 5.32. The normalized spacial score (nSPS) is 15.1. The molecule has 7 heteroatoms. The Hall–Kier alpha value is -2.12. The van der Waals surface area contributed by atoms with Crippen LogP contribution in [0.1, 0.15) is 12.8 Å². The van der Waals surface area contributed by atoms with Gasteiger partial charge in [0.2, 0.25) is 5.91 Å². The molecule has 0 saturated carbocycles. The van der Waals surface area contributed by atoms with E-state index in [2.05, 4.69) is 10.3 Å². The average Bonchev–Trinajstić information content (AvgIpc) is 3.10. The molecule has 1 aromatic heterocycles. The molecule has 128 valence electrons. The lowest BCUT2D eigenvalue weighted by Gasteiger charge is -2.20. The standard InChI is InChI=1S/C17H20N2O4S/c1-21-12-3-4-15(22-2)13(9-12)14-10-24-17(18-14)19-16(20)11-5-7-23-8-6-11/h3-4,9-11H,5-8H2,1-2H3,(H,18,19,20). The zero-order valence-electron chi connectivity index (χ0n) is 13.7. The molecule has 1 amide bonds. The molecular weight excluding hydrogens is 328 g/mol. The second kappa shape index (κ2) is 7.63. The summed E-state index contributed by atoms with van der Waals surface area (Å²) in [5.74, 6) is 1.45. The number of hydrogen-bond donors (Lipinski definition) is 1. The zero-order chi connectivity index (χ0) is 16.9. The molecule has 1 aliphatic rings. The molecule has 1 fully saturated rings. The maximum Gasteiger partial charge on any atom is 0.229 e. The van der Waals surface area contributed by atoms with Crippen molar-refractivity contribution >= 4 is 22.4 Å². The Morgan fingerprint density at radius 3 is 2.79 bits per heavy atom. The lowest BCUT2D eigenvalue weighted by Crippen LogP contribution is -2.28. The third-order valence-electron chi connectivity index (χ3n) is 4.01. The van der Waals surface area contributed by atoms with Crippen LogP contribution in [0.5, 0.6) is 11.5 Å². The van der Waals surface area contributed by atoms with Gasteiger partial charge in [-0.25, -0.2) is 4.98 Å². The Morgan fingerprint density at radius 2 is 2.08 bits per heavy atom. The van der Waals surface area contributed by atoms with Gasteiger partial charge in [0.25, 0.3) is 0 Å². The van der Waals surface area contributed by atoms with Crippen molar-refractivity contribution in [3.05, 3.63) is 23.6 Å². The number of anilines is 1. The average molecular weight is 348 g/mol. The van der Waals surface area contributed by atoms with Gasteiger partial charge in [0, 0.05) is 30.1 Å². The zero-order valence-corrected chi connectivity index (χ0v) is 14.5. The van der Waals surface area contributed by atoms with E-state index >= 15 is 0 Å². The van der Waals surface area contributed by atoms with Crippen LogP contribution in [0.3, 0.4) is 0 Å². The van der Waals surface area contributed by atoms with Crippen LogP contribution in [0.25, 0.3) is 11.3 Å². The van der Waals surface area contributed by atoms with E-state index in [1.165, 1.54) is 11.3 Å². The molecule has 0 spiro atoms.